The second-order valence-corrected chi connectivity index (χ2v) is 4.88. The molecule has 7 heteroatoms. The van der Waals surface area contributed by atoms with Crippen LogP contribution >= 0.6 is 11.8 Å². The van der Waals surface area contributed by atoms with E-state index < -0.39 is 12.2 Å². The van der Waals surface area contributed by atoms with E-state index in [0.717, 1.165) is 11.8 Å². The maximum absolute atomic E-state index is 10.8. The first-order chi connectivity index (χ1) is 8.45. The van der Waals surface area contributed by atoms with Crippen LogP contribution in [0.4, 0.5) is 5.69 Å². The van der Waals surface area contributed by atoms with Crippen LogP contribution < -0.4 is 10.5 Å². The number of rotatable bonds is 5. The molecule has 1 aromatic heterocycles. The average Bonchev–Trinajstić information content (AvgIpc) is 2.34. The van der Waals surface area contributed by atoms with Crippen LogP contribution in [-0.4, -0.2) is 39.3 Å². The Morgan fingerprint density at radius 2 is 2.28 bits per heavy atom. The van der Waals surface area contributed by atoms with Gasteiger partial charge in [-0.3, -0.25) is 4.79 Å². The number of methoxy groups -OCH3 is 1. The first-order valence-electron chi connectivity index (χ1n) is 5.24. The van der Waals surface area contributed by atoms with Gasteiger partial charge in [0, 0.05) is 18.2 Å². The predicted octanol–water partition coefficient (Wildman–Crippen LogP) is 0.346. The Morgan fingerprint density at radius 1 is 1.61 bits per heavy atom. The molecule has 0 saturated carbocycles. The van der Waals surface area contributed by atoms with Crippen LogP contribution in [0.3, 0.4) is 0 Å². The van der Waals surface area contributed by atoms with Crippen molar-refractivity contribution in [3.63, 3.8) is 0 Å². The van der Waals surface area contributed by atoms with Crippen LogP contribution in [0.15, 0.2) is 12.3 Å². The number of thioether (sulfide) groups is 1. The Kier molecular flexibility index (Phi) is 5.39. The molecule has 1 rings (SSSR count). The summed E-state index contributed by atoms with van der Waals surface area (Å²) < 4.78 is 4.99. The van der Waals surface area contributed by atoms with E-state index >= 15 is 0 Å². The third-order valence-electron chi connectivity index (χ3n) is 2.23. The summed E-state index contributed by atoms with van der Waals surface area (Å²) in [5, 5.41) is 19.6. The van der Waals surface area contributed by atoms with Crippen molar-refractivity contribution in [2.75, 3.05) is 18.6 Å². The molecular formula is C11H16N2O4S. The summed E-state index contributed by atoms with van der Waals surface area (Å²) in [5.74, 6) is 0.289. The molecule has 4 N–H and O–H groups in total. The first kappa shape index (κ1) is 14.7. The van der Waals surface area contributed by atoms with E-state index in [-0.39, 0.29) is 16.7 Å². The summed E-state index contributed by atoms with van der Waals surface area (Å²) in [7, 11) is 1.41. The SMILES string of the molecule is COc1ncc(N)cc1C(O)C(O)CSC(C)=O. The van der Waals surface area contributed by atoms with Gasteiger partial charge < -0.3 is 20.7 Å². The minimum atomic E-state index is -1.21. The lowest BCUT2D eigenvalue weighted by Gasteiger charge is -2.19. The number of nitrogen functional groups attached to an aromatic ring is 1. The van der Waals surface area contributed by atoms with Gasteiger partial charge in [-0.1, -0.05) is 11.8 Å². The van der Waals surface area contributed by atoms with Crippen molar-refractivity contribution in [3.05, 3.63) is 17.8 Å². The van der Waals surface area contributed by atoms with Crippen molar-refractivity contribution >= 4 is 22.6 Å². The van der Waals surface area contributed by atoms with Crippen molar-refractivity contribution in [1.29, 1.82) is 0 Å². The standard InChI is InChI=1S/C11H16N2O4S/c1-6(14)18-5-9(15)10(16)8-3-7(12)4-13-11(8)17-2/h3-4,9-10,15-16H,5,12H2,1-2H3. The van der Waals surface area contributed by atoms with Crippen molar-refractivity contribution in [1.82, 2.24) is 4.98 Å². The Bertz CT molecular complexity index is 428. The van der Waals surface area contributed by atoms with Gasteiger partial charge in [0.1, 0.15) is 6.10 Å². The molecule has 6 nitrogen and oxygen atoms in total. The van der Waals surface area contributed by atoms with Crippen LogP contribution in [0.5, 0.6) is 5.88 Å². The summed E-state index contributed by atoms with van der Waals surface area (Å²) >= 11 is 0.939. The molecule has 1 heterocycles. The predicted molar refractivity (Wildman–Crippen MR) is 69.3 cm³/mol. The van der Waals surface area contributed by atoms with Crippen molar-refractivity contribution in [2.24, 2.45) is 0 Å². The second kappa shape index (κ2) is 6.58. The summed E-state index contributed by atoms with van der Waals surface area (Å²) in [6.45, 7) is 1.40. The Morgan fingerprint density at radius 3 is 2.83 bits per heavy atom. The molecule has 0 spiro atoms. The lowest BCUT2D eigenvalue weighted by molar-refractivity contribution is -0.109. The van der Waals surface area contributed by atoms with Crippen molar-refractivity contribution in [3.8, 4) is 5.88 Å². The topological polar surface area (TPSA) is 106 Å². The highest BCUT2D eigenvalue weighted by Crippen LogP contribution is 2.28. The summed E-state index contributed by atoms with van der Waals surface area (Å²) in [4.78, 5) is 14.7. The lowest BCUT2D eigenvalue weighted by Crippen LogP contribution is -2.22. The van der Waals surface area contributed by atoms with Gasteiger partial charge in [0.25, 0.3) is 0 Å². The summed E-state index contributed by atoms with van der Waals surface area (Å²) in [6.07, 6.45) is -0.912. The molecule has 1 aromatic rings. The van der Waals surface area contributed by atoms with Gasteiger partial charge in [-0.2, -0.15) is 0 Å². The maximum Gasteiger partial charge on any atom is 0.219 e. The lowest BCUT2D eigenvalue weighted by atomic mass is 10.1. The number of hydrogen-bond donors (Lipinski definition) is 3. The first-order valence-corrected chi connectivity index (χ1v) is 6.23. The van der Waals surface area contributed by atoms with Crippen LogP contribution in [0.1, 0.15) is 18.6 Å². The normalized spacial score (nSPS) is 14.0. The van der Waals surface area contributed by atoms with E-state index in [2.05, 4.69) is 4.98 Å². The van der Waals surface area contributed by atoms with Gasteiger partial charge >= 0.3 is 0 Å². The number of aliphatic hydroxyl groups is 2. The highest BCUT2D eigenvalue weighted by atomic mass is 32.2. The highest BCUT2D eigenvalue weighted by Gasteiger charge is 2.23. The van der Waals surface area contributed by atoms with Gasteiger partial charge in [0.15, 0.2) is 5.12 Å². The molecule has 2 atom stereocenters. The quantitative estimate of drug-likeness (QED) is 0.710. The van der Waals surface area contributed by atoms with E-state index in [1.54, 1.807) is 0 Å². The van der Waals surface area contributed by atoms with Gasteiger partial charge in [-0.05, 0) is 6.07 Å². The number of anilines is 1. The number of hydrogen-bond acceptors (Lipinski definition) is 7. The van der Waals surface area contributed by atoms with Crippen LogP contribution in [-0.2, 0) is 4.79 Å². The highest BCUT2D eigenvalue weighted by molar-refractivity contribution is 8.13. The maximum atomic E-state index is 10.8. The van der Waals surface area contributed by atoms with Crippen molar-refractivity contribution < 1.29 is 19.7 Å². The monoisotopic (exact) mass is 272 g/mol. The zero-order valence-electron chi connectivity index (χ0n) is 10.2. The molecule has 0 saturated heterocycles. The summed E-state index contributed by atoms with van der Waals surface area (Å²) in [6, 6.07) is 1.48. The molecule has 0 aliphatic heterocycles. The van der Waals surface area contributed by atoms with Gasteiger partial charge in [-0.25, -0.2) is 4.98 Å². The zero-order valence-corrected chi connectivity index (χ0v) is 11.0. The molecule has 0 aromatic carbocycles. The van der Waals surface area contributed by atoms with Gasteiger partial charge in [-0.15, -0.1) is 0 Å². The molecule has 100 valence electrons. The number of carbonyl (C=O) groups excluding carboxylic acids is 1. The molecule has 0 bridgehead atoms. The number of carbonyl (C=O) groups is 1. The minimum absolute atomic E-state index is 0.0917. The Balaban J connectivity index is 2.84. The fraction of sp³-hybridized carbons (Fsp3) is 0.455. The molecule has 2 unspecified atom stereocenters. The van der Waals surface area contributed by atoms with E-state index in [9.17, 15) is 15.0 Å². The van der Waals surface area contributed by atoms with Gasteiger partial charge in [0.05, 0.1) is 25.1 Å². The van der Waals surface area contributed by atoms with Gasteiger partial charge in [0.2, 0.25) is 5.88 Å². The number of aliphatic hydroxyl groups excluding tert-OH is 2. The molecule has 18 heavy (non-hydrogen) atoms. The van der Waals surface area contributed by atoms with Crippen LogP contribution in [0, 0.1) is 0 Å². The number of ether oxygens (including phenoxy) is 1. The molecule has 0 fully saturated rings. The third-order valence-corrected chi connectivity index (χ3v) is 3.15. The molecule has 0 amide bonds. The van der Waals surface area contributed by atoms with Crippen LogP contribution in [0.25, 0.3) is 0 Å². The molecule has 0 aliphatic carbocycles. The fourth-order valence-electron chi connectivity index (χ4n) is 1.37. The van der Waals surface area contributed by atoms with E-state index in [1.165, 1.54) is 26.3 Å². The van der Waals surface area contributed by atoms with Crippen LogP contribution in [0.2, 0.25) is 0 Å². The number of pyridine rings is 1. The Hall–Kier alpha value is -1.31. The van der Waals surface area contributed by atoms with E-state index in [4.69, 9.17) is 10.5 Å². The molecule has 0 aliphatic rings. The zero-order chi connectivity index (χ0) is 13.7. The van der Waals surface area contributed by atoms with E-state index in [1.807, 2.05) is 0 Å². The van der Waals surface area contributed by atoms with E-state index in [0.29, 0.717) is 11.3 Å². The second-order valence-electron chi connectivity index (χ2n) is 3.68. The number of nitrogens with zero attached hydrogens (tertiary/aromatic N) is 1. The third kappa shape index (κ3) is 3.86. The van der Waals surface area contributed by atoms with Crippen molar-refractivity contribution in [2.45, 2.75) is 19.1 Å². The minimum Gasteiger partial charge on any atom is -0.481 e. The summed E-state index contributed by atoms with van der Waals surface area (Å²) in [5.41, 5.74) is 6.23. The number of nitrogens with two attached hydrogens (primary N) is 1. The Labute approximate surface area is 109 Å². The smallest absolute Gasteiger partial charge is 0.219 e. The fourth-order valence-corrected chi connectivity index (χ4v) is 1.96. The number of aromatic nitrogens is 1. The molecular weight excluding hydrogens is 256 g/mol. The largest absolute Gasteiger partial charge is 0.481 e. The molecule has 0 radical (unpaired) electrons. The average molecular weight is 272 g/mol.